The molecule has 0 amide bonds. The number of carbonyl (C=O) groups excluding carboxylic acids is 2. The standard InChI is InChI=1S/C55H98O5/c1-4-7-10-13-16-19-22-24-26-27-28-30-32-35-38-41-44-47-50-58-51-53(60-55(57)49-46-43-40-37-33-21-18-15-12-9-6-3)52-59-54(56)48-45-42-39-36-34-31-29-25-23-20-17-14-11-8-5-2/h7,10,15-16,18-19,24,26,28,30,53H,4-6,8-9,11-14,17,20-23,25,27,29,31-52H2,1-3H3/b10-7-,18-15-,19-16-,26-24-,30-28-. The van der Waals surface area contributed by atoms with E-state index in [1.54, 1.807) is 0 Å². The van der Waals surface area contributed by atoms with Gasteiger partial charge in [0.15, 0.2) is 6.10 Å². The molecule has 0 aromatic heterocycles. The van der Waals surface area contributed by atoms with Crippen LogP contribution in [0, 0.1) is 0 Å². The number of hydrogen-bond acceptors (Lipinski definition) is 5. The van der Waals surface area contributed by atoms with Gasteiger partial charge in [-0.05, 0) is 77.0 Å². The maximum Gasteiger partial charge on any atom is 0.306 e. The van der Waals surface area contributed by atoms with E-state index >= 15 is 0 Å². The van der Waals surface area contributed by atoms with Crippen molar-refractivity contribution in [2.75, 3.05) is 19.8 Å². The van der Waals surface area contributed by atoms with Gasteiger partial charge < -0.3 is 14.2 Å². The highest BCUT2D eigenvalue weighted by molar-refractivity contribution is 5.70. The number of rotatable bonds is 47. The Morgan fingerprint density at radius 2 is 0.767 bits per heavy atom. The number of esters is 2. The molecule has 0 aliphatic carbocycles. The van der Waals surface area contributed by atoms with Crippen LogP contribution in [0.3, 0.4) is 0 Å². The van der Waals surface area contributed by atoms with Gasteiger partial charge in [-0.15, -0.1) is 0 Å². The van der Waals surface area contributed by atoms with E-state index in [-0.39, 0.29) is 25.2 Å². The van der Waals surface area contributed by atoms with E-state index in [0.717, 1.165) is 83.5 Å². The van der Waals surface area contributed by atoms with Crippen LogP contribution in [-0.2, 0) is 23.8 Å². The molecule has 0 saturated carbocycles. The molecule has 0 aromatic carbocycles. The van der Waals surface area contributed by atoms with Gasteiger partial charge in [-0.25, -0.2) is 0 Å². The molecule has 1 atom stereocenters. The minimum atomic E-state index is -0.548. The van der Waals surface area contributed by atoms with E-state index < -0.39 is 6.10 Å². The van der Waals surface area contributed by atoms with Crippen molar-refractivity contribution in [1.82, 2.24) is 0 Å². The van der Waals surface area contributed by atoms with Crippen molar-refractivity contribution in [1.29, 1.82) is 0 Å². The second-order valence-electron chi connectivity index (χ2n) is 17.0. The maximum absolute atomic E-state index is 12.8. The molecule has 0 aromatic rings. The van der Waals surface area contributed by atoms with Gasteiger partial charge in [-0.3, -0.25) is 9.59 Å². The van der Waals surface area contributed by atoms with Crippen LogP contribution in [0.5, 0.6) is 0 Å². The molecule has 0 aliphatic rings. The maximum atomic E-state index is 12.8. The van der Waals surface area contributed by atoms with Crippen LogP contribution < -0.4 is 0 Å². The summed E-state index contributed by atoms with van der Waals surface area (Å²) in [6.45, 7) is 7.65. The lowest BCUT2D eigenvalue weighted by Gasteiger charge is -2.18. The van der Waals surface area contributed by atoms with Crippen molar-refractivity contribution >= 4 is 11.9 Å². The average molecular weight is 839 g/mol. The average Bonchev–Trinajstić information content (AvgIpc) is 3.25. The molecule has 0 aliphatic heterocycles. The molecule has 60 heavy (non-hydrogen) atoms. The SMILES string of the molecule is CC/C=C\C/C=C\C/C=C\C/C=C\CCCCCCCOCC(COC(=O)CCCCCCCCCCCCCCCCC)OC(=O)CCCCCCC/C=C\CCCC. The fraction of sp³-hybridized carbons (Fsp3) is 0.782. The summed E-state index contributed by atoms with van der Waals surface area (Å²) < 4.78 is 17.4. The van der Waals surface area contributed by atoms with Gasteiger partial charge >= 0.3 is 11.9 Å². The first kappa shape index (κ1) is 57.6. The Kier molecular flexibility index (Phi) is 48.9. The Hall–Kier alpha value is -2.40. The topological polar surface area (TPSA) is 61.8 Å². The van der Waals surface area contributed by atoms with Gasteiger partial charge in [0.25, 0.3) is 0 Å². The van der Waals surface area contributed by atoms with Crippen LogP contribution in [0.15, 0.2) is 60.8 Å². The van der Waals surface area contributed by atoms with Crippen LogP contribution in [0.25, 0.3) is 0 Å². The molecule has 0 bridgehead atoms. The normalized spacial score (nSPS) is 12.7. The van der Waals surface area contributed by atoms with E-state index in [4.69, 9.17) is 14.2 Å². The smallest absolute Gasteiger partial charge is 0.306 e. The Balaban J connectivity index is 4.26. The van der Waals surface area contributed by atoms with Crippen LogP contribution in [0.2, 0.25) is 0 Å². The zero-order valence-electron chi connectivity index (χ0n) is 40.0. The van der Waals surface area contributed by atoms with Gasteiger partial charge in [-0.1, -0.05) is 223 Å². The lowest BCUT2D eigenvalue weighted by Crippen LogP contribution is -2.30. The molecule has 348 valence electrons. The van der Waals surface area contributed by atoms with Gasteiger partial charge in [0, 0.05) is 19.4 Å². The van der Waals surface area contributed by atoms with Crippen LogP contribution >= 0.6 is 0 Å². The minimum Gasteiger partial charge on any atom is -0.462 e. The van der Waals surface area contributed by atoms with Crippen molar-refractivity contribution in [3.05, 3.63) is 60.8 Å². The fourth-order valence-electron chi connectivity index (χ4n) is 7.19. The van der Waals surface area contributed by atoms with Crippen molar-refractivity contribution in [2.24, 2.45) is 0 Å². The second kappa shape index (κ2) is 51.0. The van der Waals surface area contributed by atoms with Gasteiger partial charge in [0.1, 0.15) is 6.61 Å². The van der Waals surface area contributed by atoms with Crippen molar-refractivity contribution in [3.63, 3.8) is 0 Å². The van der Waals surface area contributed by atoms with E-state index in [0.29, 0.717) is 19.4 Å². The van der Waals surface area contributed by atoms with Crippen molar-refractivity contribution in [2.45, 2.75) is 258 Å². The predicted octanol–water partition coefficient (Wildman–Crippen LogP) is 17.3. The van der Waals surface area contributed by atoms with E-state index in [2.05, 4.69) is 81.5 Å². The highest BCUT2D eigenvalue weighted by Crippen LogP contribution is 2.15. The van der Waals surface area contributed by atoms with Gasteiger partial charge in [-0.2, -0.15) is 0 Å². The monoisotopic (exact) mass is 839 g/mol. The molecule has 0 saturated heterocycles. The fourth-order valence-corrected chi connectivity index (χ4v) is 7.19. The zero-order valence-corrected chi connectivity index (χ0v) is 40.0. The molecule has 1 unspecified atom stereocenters. The Morgan fingerprint density at radius 3 is 1.27 bits per heavy atom. The summed E-state index contributed by atoms with van der Waals surface area (Å²) in [6, 6.07) is 0. The third kappa shape index (κ3) is 48.3. The third-order valence-corrected chi connectivity index (χ3v) is 11.0. The molecule has 5 heteroatoms. The zero-order chi connectivity index (χ0) is 43.5. The summed E-state index contributed by atoms with van der Waals surface area (Å²) in [5.74, 6) is -0.412. The first-order valence-electron chi connectivity index (χ1n) is 25.8. The van der Waals surface area contributed by atoms with E-state index in [1.807, 2.05) is 0 Å². The van der Waals surface area contributed by atoms with Crippen LogP contribution in [-0.4, -0.2) is 37.9 Å². The molecule has 0 heterocycles. The highest BCUT2D eigenvalue weighted by Gasteiger charge is 2.17. The van der Waals surface area contributed by atoms with Crippen molar-refractivity contribution < 1.29 is 23.8 Å². The molecule has 0 rings (SSSR count). The lowest BCUT2D eigenvalue weighted by atomic mass is 10.0. The van der Waals surface area contributed by atoms with Gasteiger partial charge in [0.05, 0.1) is 6.61 Å². The number of allylic oxidation sites excluding steroid dienone is 10. The summed E-state index contributed by atoms with van der Waals surface area (Å²) in [7, 11) is 0. The summed E-state index contributed by atoms with van der Waals surface area (Å²) in [4.78, 5) is 25.3. The number of carbonyl (C=O) groups is 2. The summed E-state index contributed by atoms with van der Waals surface area (Å²) in [5.41, 5.74) is 0. The molecule has 0 spiro atoms. The Labute approximate surface area is 373 Å². The first-order valence-corrected chi connectivity index (χ1v) is 25.8. The van der Waals surface area contributed by atoms with Gasteiger partial charge in [0.2, 0.25) is 0 Å². The van der Waals surface area contributed by atoms with E-state index in [1.165, 1.54) is 135 Å². The lowest BCUT2D eigenvalue weighted by molar-refractivity contribution is -0.163. The molecule has 0 radical (unpaired) electrons. The van der Waals surface area contributed by atoms with Crippen LogP contribution in [0.4, 0.5) is 0 Å². The number of hydrogen-bond donors (Lipinski definition) is 0. The van der Waals surface area contributed by atoms with E-state index in [9.17, 15) is 9.59 Å². The molecule has 0 N–H and O–H groups in total. The highest BCUT2D eigenvalue weighted by atomic mass is 16.6. The number of ether oxygens (including phenoxy) is 3. The third-order valence-electron chi connectivity index (χ3n) is 11.0. The predicted molar refractivity (Wildman–Crippen MR) is 261 cm³/mol. The molecular formula is C55H98O5. The van der Waals surface area contributed by atoms with Crippen molar-refractivity contribution in [3.8, 4) is 0 Å². The summed E-state index contributed by atoms with van der Waals surface area (Å²) in [5, 5.41) is 0. The number of unbranched alkanes of at least 4 members (excludes halogenated alkanes) is 26. The summed E-state index contributed by atoms with van der Waals surface area (Å²) in [6.07, 6.45) is 63.7. The Bertz CT molecular complexity index is 1040. The minimum absolute atomic E-state index is 0.0758. The quantitative estimate of drug-likeness (QED) is 0.0347. The Morgan fingerprint density at radius 1 is 0.383 bits per heavy atom. The van der Waals surface area contributed by atoms with Crippen LogP contribution in [0.1, 0.15) is 252 Å². The summed E-state index contributed by atoms with van der Waals surface area (Å²) >= 11 is 0. The molecular weight excluding hydrogens is 741 g/mol. The second-order valence-corrected chi connectivity index (χ2v) is 17.0. The largest absolute Gasteiger partial charge is 0.462 e. The molecule has 5 nitrogen and oxygen atoms in total. The first-order chi connectivity index (χ1) is 29.6. The molecule has 0 fully saturated rings.